The number of halogens is 1. The van der Waals surface area contributed by atoms with E-state index >= 15 is 0 Å². The Hall–Kier alpha value is -2.86. The average molecular weight is 399 g/mol. The Morgan fingerprint density at radius 1 is 1.24 bits per heavy atom. The molecule has 3 N–H and O–H groups in total. The lowest BCUT2D eigenvalue weighted by molar-refractivity contribution is 0.102. The van der Waals surface area contributed by atoms with Crippen molar-refractivity contribution in [2.24, 2.45) is 0 Å². The van der Waals surface area contributed by atoms with Crippen molar-refractivity contribution >= 4 is 44.0 Å². The number of H-pyrrole nitrogens is 1. The lowest BCUT2D eigenvalue weighted by Gasteiger charge is -2.11. The number of rotatable bonds is 3. The van der Waals surface area contributed by atoms with Crippen molar-refractivity contribution in [1.82, 2.24) is 4.98 Å². The molecule has 2 aromatic carbocycles. The predicted molar refractivity (Wildman–Crippen MR) is 103 cm³/mol. The van der Waals surface area contributed by atoms with E-state index in [0.717, 1.165) is 0 Å². The number of pyridine rings is 1. The van der Waals surface area contributed by atoms with Crippen molar-refractivity contribution in [1.29, 1.82) is 0 Å². The molecule has 0 saturated heterocycles. The van der Waals surface area contributed by atoms with Gasteiger partial charge in [-0.1, -0.05) is 18.7 Å². The summed E-state index contributed by atoms with van der Waals surface area (Å²) in [6.07, 6.45) is 1.38. The van der Waals surface area contributed by atoms with Gasteiger partial charge in [0.05, 0.1) is 5.69 Å². The maximum absolute atomic E-state index is 12.5. The second kappa shape index (κ2) is 6.57. The van der Waals surface area contributed by atoms with Gasteiger partial charge < -0.3 is 15.4 Å². The Balaban J connectivity index is 1.98. The maximum Gasteiger partial charge on any atom is 0.261 e. The zero-order valence-electron chi connectivity index (χ0n) is 13.4. The van der Waals surface area contributed by atoms with Gasteiger partial charge in [-0.05, 0) is 46.6 Å². The fourth-order valence-corrected chi connectivity index (χ4v) is 2.97. The van der Waals surface area contributed by atoms with Gasteiger partial charge in [0, 0.05) is 33.2 Å². The highest BCUT2D eigenvalue weighted by Gasteiger charge is 2.16. The van der Waals surface area contributed by atoms with E-state index in [0.29, 0.717) is 32.2 Å². The number of aromatic nitrogens is 1. The van der Waals surface area contributed by atoms with Crippen molar-refractivity contribution in [2.45, 2.75) is 6.92 Å². The summed E-state index contributed by atoms with van der Waals surface area (Å²) in [6.45, 7) is 5.56. The van der Waals surface area contributed by atoms with Crippen molar-refractivity contribution in [3.63, 3.8) is 0 Å². The maximum atomic E-state index is 12.5. The first-order valence-corrected chi connectivity index (χ1v) is 8.28. The lowest BCUT2D eigenvalue weighted by Crippen LogP contribution is -2.22. The van der Waals surface area contributed by atoms with E-state index in [9.17, 15) is 14.7 Å². The van der Waals surface area contributed by atoms with Crippen molar-refractivity contribution < 1.29 is 9.90 Å². The highest BCUT2D eigenvalue weighted by Crippen LogP contribution is 2.33. The zero-order chi connectivity index (χ0) is 18.1. The van der Waals surface area contributed by atoms with E-state index in [1.165, 1.54) is 12.3 Å². The summed E-state index contributed by atoms with van der Waals surface area (Å²) in [7, 11) is 0. The topological polar surface area (TPSA) is 82.2 Å². The quantitative estimate of drug-likeness (QED) is 0.615. The number of carbonyl (C=O) groups excluding carboxylic acids is 1. The fourth-order valence-electron chi connectivity index (χ4n) is 2.53. The van der Waals surface area contributed by atoms with E-state index in [-0.39, 0.29) is 16.7 Å². The number of fused-ring (bicyclic) bond motifs is 1. The minimum absolute atomic E-state index is 0.00146. The molecule has 0 radical (unpaired) electrons. The highest BCUT2D eigenvalue weighted by molar-refractivity contribution is 9.10. The molecule has 0 aliphatic rings. The third kappa shape index (κ3) is 3.21. The van der Waals surface area contributed by atoms with Crippen LogP contribution in [-0.2, 0) is 0 Å². The SMILES string of the molecule is C=C(C)c1cc(Br)c(NC(=O)c2c[nH]c3ccccc3c2=O)cc1O. The molecule has 6 heteroatoms. The molecular formula is C19H15BrN2O3. The lowest BCUT2D eigenvalue weighted by atomic mass is 10.1. The van der Waals surface area contributed by atoms with Gasteiger partial charge in [-0.2, -0.15) is 0 Å². The van der Waals surface area contributed by atoms with Crippen molar-refractivity contribution in [3.8, 4) is 5.75 Å². The molecule has 1 amide bonds. The molecule has 0 bridgehead atoms. The van der Waals surface area contributed by atoms with Crippen LogP contribution in [0.5, 0.6) is 5.75 Å². The molecule has 1 heterocycles. The molecule has 1 aromatic heterocycles. The number of benzene rings is 2. The first-order chi connectivity index (χ1) is 11.9. The van der Waals surface area contributed by atoms with Crippen LogP contribution < -0.4 is 10.7 Å². The molecule has 0 fully saturated rings. The number of aromatic hydroxyl groups is 1. The van der Waals surface area contributed by atoms with Crippen LogP contribution in [0.25, 0.3) is 16.5 Å². The Morgan fingerprint density at radius 2 is 1.96 bits per heavy atom. The molecule has 126 valence electrons. The number of allylic oxidation sites excluding steroid dienone is 1. The molecule has 3 rings (SSSR count). The van der Waals surface area contributed by atoms with Crippen LogP contribution >= 0.6 is 15.9 Å². The van der Waals surface area contributed by atoms with Gasteiger partial charge >= 0.3 is 0 Å². The van der Waals surface area contributed by atoms with Gasteiger partial charge in [0.15, 0.2) is 0 Å². The molecule has 0 saturated carbocycles. The Bertz CT molecular complexity index is 1070. The normalized spacial score (nSPS) is 10.6. The molecule has 0 aliphatic carbocycles. The molecular weight excluding hydrogens is 384 g/mol. The molecule has 5 nitrogen and oxygen atoms in total. The number of para-hydroxylation sites is 1. The third-order valence-electron chi connectivity index (χ3n) is 3.83. The number of carbonyl (C=O) groups is 1. The van der Waals surface area contributed by atoms with E-state index in [1.807, 2.05) is 0 Å². The second-order valence-electron chi connectivity index (χ2n) is 5.66. The minimum atomic E-state index is -0.560. The molecule has 0 spiro atoms. The molecule has 3 aromatic rings. The first kappa shape index (κ1) is 17.0. The van der Waals surface area contributed by atoms with Crippen LogP contribution in [0.15, 0.2) is 58.4 Å². The van der Waals surface area contributed by atoms with E-state index in [1.54, 1.807) is 37.3 Å². The Labute approximate surface area is 152 Å². The number of aromatic amines is 1. The first-order valence-electron chi connectivity index (χ1n) is 7.48. The molecule has 0 aliphatic heterocycles. The van der Waals surface area contributed by atoms with Crippen LogP contribution in [0.4, 0.5) is 5.69 Å². The summed E-state index contributed by atoms with van der Waals surface area (Å²) in [4.78, 5) is 28.0. The highest BCUT2D eigenvalue weighted by atomic mass is 79.9. The monoisotopic (exact) mass is 398 g/mol. The summed E-state index contributed by atoms with van der Waals surface area (Å²) < 4.78 is 0.578. The Kier molecular flexibility index (Phi) is 4.46. The summed E-state index contributed by atoms with van der Waals surface area (Å²) in [5, 5.41) is 13.1. The number of phenolic OH excluding ortho intramolecular Hbond substituents is 1. The smallest absolute Gasteiger partial charge is 0.261 e. The number of anilines is 1. The van der Waals surface area contributed by atoms with Crippen LogP contribution in [0.1, 0.15) is 22.8 Å². The van der Waals surface area contributed by atoms with Gasteiger partial charge in [-0.15, -0.1) is 0 Å². The van der Waals surface area contributed by atoms with Crippen molar-refractivity contribution in [2.75, 3.05) is 5.32 Å². The summed E-state index contributed by atoms with van der Waals surface area (Å²) in [5.74, 6) is -0.561. The Morgan fingerprint density at radius 3 is 2.68 bits per heavy atom. The van der Waals surface area contributed by atoms with E-state index in [2.05, 4.69) is 32.8 Å². The predicted octanol–water partition coefficient (Wildman–Crippen LogP) is 4.28. The molecule has 0 atom stereocenters. The summed E-state index contributed by atoms with van der Waals surface area (Å²) in [6, 6.07) is 10.1. The van der Waals surface area contributed by atoms with Crippen LogP contribution in [-0.4, -0.2) is 16.0 Å². The molecule has 0 unspecified atom stereocenters. The van der Waals surface area contributed by atoms with E-state index in [4.69, 9.17) is 0 Å². The van der Waals surface area contributed by atoms with Crippen LogP contribution in [0.3, 0.4) is 0 Å². The summed E-state index contributed by atoms with van der Waals surface area (Å²) >= 11 is 3.36. The molecule has 25 heavy (non-hydrogen) atoms. The standard InChI is InChI=1S/C19H15BrN2O3/c1-10(2)12-7-14(20)16(8-17(12)23)22-19(25)13-9-21-15-6-4-3-5-11(15)18(13)24/h3-9,23H,1H2,2H3,(H,21,24)(H,22,25). The van der Waals surface area contributed by atoms with Gasteiger partial charge in [0.2, 0.25) is 5.43 Å². The number of phenols is 1. The number of hydrogen-bond acceptors (Lipinski definition) is 3. The third-order valence-corrected chi connectivity index (χ3v) is 4.48. The number of amides is 1. The van der Waals surface area contributed by atoms with Gasteiger partial charge in [0.1, 0.15) is 11.3 Å². The largest absolute Gasteiger partial charge is 0.507 e. The van der Waals surface area contributed by atoms with Crippen molar-refractivity contribution in [3.05, 3.63) is 75.0 Å². The minimum Gasteiger partial charge on any atom is -0.507 e. The second-order valence-corrected chi connectivity index (χ2v) is 6.52. The number of hydrogen-bond donors (Lipinski definition) is 3. The van der Waals surface area contributed by atoms with Crippen LogP contribution in [0, 0.1) is 0 Å². The average Bonchev–Trinajstić information content (AvgIpc) is 2.58. The summed E-state index contributed by atoms with van der Waals surface area (Å²) in [5.41, 5.74) is 1.93. The van der Waals surface area contributed by atoms with Gasteiger partial charge in [-0.25, -0.2) is 0 Å². The number of nitrogens with one attached hydrogen (secondary N) is 2. The fraction of sp³-hybridized carbons (Fsp3) is 0.0526. The zero-order valence-corrected chi connectivity index (χ0v) is 15.0. The van der Waals surface area contributed by atoms with Gasteiger partial charge in [-0.3, -0.25) is 9.59 Å². The van der Waals surface area contributed by atoms with Crippen LogP contribution in [0.2, 0.25) is 0 Å². The van der Waals surface area contributed by atoms with E-state index < -0.39 is 5.91 Å². The van der Waals surface area contributed by atoms with Gasteiger partial charge in [0.25, 0.3) is 5.91 Å².